The number of benzene rings is 2. The lowest BCUT2D eigenvalue weighted by Gasteiger charge is -2.11. The fraction of sp³-hybridized carbons (Fsp3) is 0.235. The predicted molar refractivity (Wildman–Crippen MR) is 89.8 cm³/mol. The molecule has 0 bridgehead atoms. The molecule has 2 aromatic carbocycles. The van der Waals surface area contributed by atoms with Gasteiger partial charge in [0.1, 0.15) is 11.5 Å². The number of methoxy groups -OCH3 is 1. The van der Waals surface area contributed by atoms with Gasteiger partial charge in [-0.15, -0.1) is 0 Å². The van der Waals surface area contributed by atoms with Gasteiger partial charge in [0.05, 0.1) is 30.4 Å². The number of nitrogens with zero attached hydrogens (tertiary/aromatic N) is 1. The topological polar surface area (TPSA) is 90.7 Å². The predicted octanol–water partition coefficient (Wildman–Crippen LogP) is 3.64. The molecular formula is C17H18N2O5. The molecule has 126 valence electrons. The summed E-state index contributed by atoms with van der Waals surface area (Å²) in [6.45, 7) is 2.57. The van der Waals surface area contributed by atoms with Gasteiger partial charge in [-0.05, 0) is 30.7 Å². The minimum absolute atomic E-state index is 0.111. The molecule has 0 fully saturated rings. The maximum absolute atomic E-state index is 12.4. The minimum atomic E-state index is -0.525. The van der Waals surface area contributed by atoms with E-state index in [1.807, 2.05) is 6.92 Å². The molecule has 0 atom stereocenters. The first-order valence-electron chi connectivity index (χ1n) is 7.41. The first kappa shape index (κ1) is 17.3. The number of ether oxygens (including phenoxy) is 2. The Kier molecular flexibility index (Phi) is 5.73. The maximum atomic E-state index is 12.4. The van der Waals surface area contributed by atoms with Crippen LogP contribution in [0.1, 0.15) is 23.7 Å². The molecule has 2 aromatic rings. The quantitative estimate of drug-likeness (QED) is 0.618. The van der Waals surface area contributed by atoms with Crippen LogP contribution >= 0.6 is 0 Å². The second-order valence-corrected chi connectivity index (χ2v) is 4.97. The van der Waals surface area contributed by atoms with Gasteiger partial charge in [-0.3, -0.25) is 14.9 Å². The van der Waals surface area contributed by atoms with Crippen molar-refractivity contribution in [3.05, 3.63) is 58.1 Å². The number of nitro groups is 1. The molecule has 0 aliphatic carbocycles. The molecule has 0 aliphatic heterocycles. The van der Waals surface area contributed by atoms with Crippen LogP contribution in [0.2, 0.25) is 0 Å². The Morgan fingerprint density at radius 1 is 1.25 bits per heavy atom. The maximum Gasteiger partial charge on any atom is 0.273 e. The van der Waals surface area contributed by atoms with Crippen LogP contribution in [0.25, 0.3) is 0 Å². The van der Waals surface area contributed by atoms with Gasteiger partial charge in [0.2, 0.25) is 0 Å². The van der Waals surface area contributed by atoms with Crippen molar-refractivity contribution in [1.29, 1.82) is 0 Å². The van der Waals surface area contributed by atoms with Crippen molar-refractivity contribution >= 4 is 17.3 Å². The second kappa shape index (κ2) is 7.96. The summed E-state index contributed by atoms with van der Waals surface area (Å²) in [5, 5.41) is 13.5. The van der Waals surface area contributed by atoms with Crippen LogP contribution in [0.3, 0.4) is 0 Å². The summed E-state index contributed by atoms with van der Waals surface area (Å²) in [4.78, 5) is 22.6. The molecule has 1 N–H and O–H groups in total. The molecule has 2 rings (SSSR count). The molecule has 0 saturated carbocycles. The summed E-state index contributed by atoms with van der Waals surface area (Å²) >= 11 is 0. The molecule has 0 saturated heterocycles. The summed E-state index contributed by atoms with van der Waals surface area (Å²) in [6, 6.07) is 10.8. The van der Waals surface area contributed by atoms with Gasteiger partial charge in [-0.2, -0.15) is 0 Å². The van der Waals surface area contributed by atoms with Crippen molar-refractivity contribution in [2.24, 2.45) is 0 Å². The molecule has 24 heavy (non-hydrogen) atoms. The molecule has 0 unspecified atom stereocenters. The first-order valence-corrected chi connectivity index (χ1v) is 7.41. The number of carbonyl (C=O) groups excluding carboxylic acids is 1. The Balaban J connectivity index is 2.19. The van der Waals surface area contributed by atoms with E-state index in [1.54, 1.807) is 24.3 Å². The average Bonchev–Trinajstić information content (AvgIpc) is 2.60. The molecular weight excluding hydrogens is 312 g/mol. The van der Waals surface area contributed by atoms with Gasteiger partial charge in [-0.1, -0.05) is 13.0 Å². The summed E-state index contributed by atoms with van der Waals surface area (Å²) in [5.74, 6) is 0.472. The Bertz CT molecular complexity index is 746. The molecule has 0 spiro atoms. The normalized spacial score (nSPS) is 10.1. The van der Waals surface area contributed by atoms with Crippen molar-refractivity contribution in [2.45, 2.75) is 13.3 Å². The monoisotopic (exact) mass is 330 g/mol. The van der Waals surface area contributed by atoms with Crippen LogP contribution in [0.5, 0.6) is 11.5 Å². The molecule has 1 amide bonds. The van der Waals surface area contributed by atoms with Crippen molar-refractivity contribution in [1.82, 2.24) is 0 Å². The van der Waals surface area contributed by atoms with E-state index in [0.29, 0.717) is 23.6 Å². The minimum Gasteiger partial charge on any atom is -0.494 e. The molecule has 7 nitrogen and oxygen atoms in total. The van der Waals surface area contributed by atoms with Gasteiger partial charge >= 0.3 is 0 Å². The van der Waals surface area contributed by atoms with Crippen LogP contribution < -0.4 is 14.8 Å². The Morgan fingerprint density at radius 2 is 2.04 bits per heavy atom. The summed E-state index contributed by atoms with van der Waals surface area (Å²) in [6.07, 6.45) is 0.871. The fourth-order valence-corrected chi connectivity index (χ4v) is 2.04. The van der Waals surface area contributed by atoms with Gasteiger partial charge in [0.15, 0.2) is 0 Å². The molecule has 0 aromatic heterocycles. The van der Waals surface area contributed by atoms with E-state index in [9.17, 15) is 14.9 Å². The van der Waals surface area contributed by atoms with E-state index in [4.69, 9.17) is 9.47 Å². The van der Waals surface area contributed by atoms with Gasteiger partial charge < -0.3 is 14.8 Å². The van der Waals surface area contributed by atoms with Crippen LogP contribution in [-0.2, 0) is 0 Å². The van der Waals surface area contributed by atoms with E-state index in [2.05, 4.69) is 5.32 Å². The highest BCUT2D eigenvalue weighted by Crippen LogP contribution is 2.29. The van der Waals surface area contributed by atoms with Gasteiger partial charge in [-0.25, -0.2) is 0 Å². The third kappa shape index (κ3) is 4.22. The number of amides is 1. The third-order valence-corrected chi connectivity index (χ3v) is 3.21. The Morgan fingerprint density at radius 3 is 2.71 bits per heavy atom. The van der Waals surface area contributed by atoms with Crippen LogP contribution in [-0.4, -0.2) is 24.5 Å². The number of nitro benzene ring substituents is 1. The number of hydrogen-bond donors (Lipinski definition) is 1. The van der Waals surface area contributed by atoms with Crippen LogP contribution in [0.15, 0.2) is 42.5 Å². The van der Waals surface area contributed by atoms with E-state index in [1.165, 1.54) is 25.3 Å². The Hall–Kier alpha value is -3.09. The molecule has 0 heterocycles. The summed E-state index contributed by atoms with van der Waals surface area (Å²) in [5.41, 5.74) is 0.664. The van der Waals surface area contributed by atoms with E-state index < -0.39 is 4.92 Å². The number of carbonyl (C=O) groups is 1. The lowest BCUT2D eigenvalue weighted by molar-refractivity contribution is -0.384. The zero-order chi connectivity index (χ0) is 17.5. The zero-order valence-corrected chi connectivity index (χ0v) is 13.4. The standard InChI is InChI=1S/C17H18N2O5/c1-3-9-24-14-6-4-5-12(10-14)17(20)18-15-8-7-13(19(21)22)11-16(15)23-2/h4-8,10-11H,3,9H2,1-2H3,(H,18,20). The lowest BCUT2D eigenvalue weighted by atomic mass is 10.2. The molecule has 0 radical (unpaired) electrons. The largest absolute Gasteiger partial charge is 0.494 e. The number of anilines is 1. The highest BCUT2D eigenvalue weighted by molar-refractivity contribution is 6.05. The van der Waals surface area contributed by atoms with Crippen molar-refractivity contribution in [3.8, 4) is 11.5 Å². The number of hydrogen-bond acceptors (Lipinski definition) is 5. The second-order valence-electron chi connectivity index (χ2n) is 4.97. The average molecular weight is 330 g/mol. The number of rotatable bonds is 7. The SMILES string of the molecule is CCCOc1cccc(C(=O)Nc2ccc([N+](=O)[O-])cc2OC)c1. The fourth-order valence-electron chi connectivity index (χ4n) is 2.04. The van der Waals surface area contributed by atoms with Crippen LogP contribution in [0, 0.1) is 10.1 Å². The highest BCUT2D eigenvalue weighted by Gasteiger charge is 2.14. The number of non-ortho nitro benzene ring substituents is 1. The van der Waals surface area contributed by atoms with Gasteiger partial charge in [0.25, 0.3) is 11.6 Å². The lowest BCUT2D eigenvalue weighted by Crippen LogP contribution is -2.13. The van der Waals surface area contributed by atoms with Crippen molar-refractivity contribution < 1.29 is 19.2 Å². The van der Waals surface area contributed by atoms with Crippen molar-refractivity contribution in [3.63, 3.8) is 0 Å². The van der Waals surface area contributed by atoms with E-state index >= 15 is 0 Å². The van der Waals surface area contributed by atoms with E-state index in [-0.39, 0.29) is 17.3 Å². The van der Waals surface area contributed by atoms with Crippen LogP contribution in [0.4, 0.5) is 11.4 Å². The van der Waals surface area contributed by atoms with E-state index in [0.717, 1.165) is 6.42 Å². The van der Waals surface area contributed by atoms with Gasteiger partial charge in [0, 0.05) is 11.6 Å². The molecule has 0 aliphatic rings. The Labute approximate surface area is 139 Å². The first-order chi connectivity index (χ1) is 11.5. The summed E-state index contributed by atoms with van der Waals surface area (Å²) in [7, 11) is 1.38. The molecule has 7 heteroatoms. The zero-order valence-electron chi connectivity index (χ0n) is 13.4. The summed E-state index contributed by atoms with van der Waals surface area (Å²) < 4.78 is 10.6. The number of nitrogens with one attached hydrogen (secondary N) is 1. The third-order valence-electron chi connectivity index (χ3n) is 3.21. The smallest absolute Gasteiger partial charge is 0.273 e. The van der Waals surface area contributed by atoms with Crippen molar-refractivity contribution in [2.75, 3.05) is 19.0 Å². The highest BCUT2D eigenvalue weighted by atomic mass is 16.6.